The van der Waals surface area contributed by atoms with E-state index in [1.54, 1.807) is 24.3 Å². The smallest absolute Gasteiger partial charge is 0.262 e. The molecule has 2 rings (SSSR count). The molecule has 0 heterocycles. The highest BCUT2D eigenvalue weighted by Gasteiger charge is 2.09. The highest BCUT2D eigenvalue weighted by atomic mass is 16.5. The summed E-state index contributed by atoms with van der Waals surface area (Å²) >= 11 is 0. The number of carboxylic acids is 1. The van der Waals surface area contributed by atoms with E-state index in [9.17, 15) is 20.0 Å². The lowest BCUT2D eigenvalue weighted by molar-refractivity contribution is -0.312. The van der Waals surface area contributed by atoms with Crippen LogP contribution in [-0.4, -0.2) is 18.0 Å². The molecule has 0 aliphatic heterocycles. The van der Waals surface area contributed by atoms with Crippen LogP contribution in [0.2, 0.25) is 0 Å². The molecule has 0 saturated heterocycles. The van der Waals surface area contributed by atoms with Crippen molar-refractivity contribution in [1.82, 2.24) is 5.32 Å². The van der Waals surface area contributed by atoms with Gasteiger partial charge in [-0.25, -0.2) is 0 Å². The van der Waals surface area contributed by atoms with E-state index in [4.69, 9.17) is 4.74 Å². The maximum atomic E-state index is 12.1. The van der Waals surface area contributed by atoms with Gasteiger partial charge < -0.3 is 20.0 Å². The molecule has 0 bridgehead atoms. The fourth-order valence-electron chi connectivity index (χ4n) is 2.08. The van der Waals surface area contributed by atoms with E-state index in [1.165, 1.54) is 13.0 Å². The quantitative estimate of drug-likeness (QED) is 0.602. The van der Waals surface area contributed by atoms with Crippen molar-refractivity contribution in [3.63, 3.8) is 0 Å². The van der Waals surface area contributed by atoms with Crippen LogP contribution in [0.3, 0.4) is 0 Å². The minimum Gasteiger partial charge on any atom is -0.546 e. The summed E-state index contributed by atoms with van der Waals surface area (Å²) in [7, 11) is 0. The molecule has 0 aromatic heterocycles. The maximum absolute atomic E-state index is 12.1. The Morgan fingerprint density at radius 2 is 1.85 bits per heavy atom. The van der Waals surface area contributed by atoms with Crippen LogP contribution in [0.25, 0.3) is 6.08 Å². The maximum Gasteiger partial charge on any atom is 0.262 e. The van der Waals surface area contributed by atoms with Crippen LogP contribution >= 0.6 is 0 Å². The van der Waals surface area contributed by atoms with Gasteiger partial charge in [0.05, 0.1) is 5.97 Å². The van der Waals surface area contributed by atoms with Gasteiger partial charge in [-0.05, 0) is 36.3 Å². The summed E-state index contributed by atoms with van der Waals surface area (Å²) in [6, 6.07) is 17.6. The molecule has 0 aliphatic carbocycles. The van der Waals surface area contributed by atoms with Gasteiger partial charge in [-0.2, -0.15) is 5.26 Å². The molecule has 6 heteroatoms. The molecule has 6 nitrogen and oxygen atoms in total. The van der Waals surface area contributed by atoms with Crippen molar-refractivity contribution < 1.29 is 19.4 Å². The molecule has 1 N–H and O–H groups in total. The number of aliphatic carboxylic acids is 1. The molecule has 2 aromatic rings. The van der Waals surface area contributed by atoms with Gasteiger partial charge in [0.15, 0.2) is 0 Å². The van der Waals surface area contributed by atoms with Gasteiger partial charge in [-0.15, -0.1) is 0 Å². The predicted molar refractivity (Wildman–Crippen MR) is 93.4 cm³/mol. The van der Waals surface area contributed by atoms with Crippen LogP contribution in [0.4, 0.5) is 0 Å². The molecule has 0 aliphatic rings. The lowest BCUT2D eigenvalue weighted by Gasteiger charge is -2.15. The molecular weight excluding hydrogens is 332 g/mol. The molecule has 1 atom stereocenters. The normalized spacial score (nSPS) is 11.9. The number of amides is 1. The molecule has 1 amide bonds. The van der Waals surface area contributed by atoms with Crippen molar-refractivity contribution in [2.45, 2.75) is 19.6 Å². The van der Waals surface area contributed by atoms with Crippen LogP contribution in [-0.2, 0) is 16.1 Å². The monoisotopic (exact) mass is 349 g/mol. The number of carbonyl (C=O) groups is 2. The third-order valence-electron chi connectivity index (χ3n) is 3.50. The molecule has 132 valence electrons. The van der Waals surface area contributed by atoms with Crippen LogP contribution in [0.1, 0.15) is 18.1 Å². The van der Waals surface area contributed by atoms with Gasteiger partial charge >= 0.3 is 0 Å². The molecule has 0 saturated carbocycles. The van der Waals surface area contributed by atoms with Crippen molar-refractivity contribution in [3.05, 3.63) is 71.3 Å². The Balaban J connectivity index is 2.02. The number of rotatable bonds is 7. The van der Waals surface area contributed by atoms with Crippen molar-refractivity contribution in [2.75, 3.05) is 0 Å². The summed E-state index contributed by atoms with van der Waals surface area (Å²) in [5, 5.41) is 22.6. The van der Waals surface area contributed by atoms with Crippen molar-refractivity contribution in [1.29, 1.82) is 5.26 Å². The summed E-state index contributed by atoms with van der Waals surface area (Å²) in [5.74, 6) is -1.43. The Kier molecular flexibility index (Phi) is 6.52. The van der Waals surface area contributed by atoms with E-state index in [1.807, 2.05) is 36.4 Å². The number of benzene rings is 2. The number of hydrogen-bond donors (Lipinski definition) is 1. The number of nitriles is 1. The summed E-state index contributed by atoms with van der Waals surface area (Å²) < 4.78 is 5.17. The second-order valence-corrected chi connectivity index (χ2v) is 5.49. The Morgan fingerprint density at radius 3 is 2.42 bits per heavy atom. The molecule has 0 radical (unpaired) electrons. The Bertz CT molecular complexity index is 836. The van der Waals surface area contributed by atoms with Gasteiger partial charge in [-0.1, -0.05) is 42.5 Å². The van der Waals surface area contributed by atoms with Gasteiger partial charge in [0.1, 0.15) is 23.5 Å². The predicted octanol–water partition coefficient (Wildman–Crippen LogP) is 1.43. The molecule has 0 unspecified atom stereocenters. The minimum atomic E-state index is -1.31. The van der Waals surface area contributed by atoms with E-state index >= 15 is 0 Å². The summed E-state index contributed by atoms with van der Waals surface area (Å²) in [4.78, 5) is 22.8. The first-order valence-electron chi connectivity index (χ1n) is 7.91. The fourth-order valence-corrected chi connectivity index (χ4v) is 2.08. The first-order valence-corrected chi connectivity index (χ1v) is 7.91. The van der Waals surface area contributed by atoms with E-state index in [-0.39, 0.29) is 5.57 Å². The second-order valence-electron chi connectivity index (χ2n) is 5.49. The standard InChI is InChI=1S/C20H18N2O4/c1-14(20(24)25)26-18-9-7-15(8-10-18)11-17(12-21)19(23)22-13-16-5-3-2-4-6-16/h2-11,14H,13H2,1H3,(H,22,23)(H,24,25)/p-1/b17-11+/t14-/m0/s1. The number of nitrogens with one attached hydrogen (secondary N) is 1. The van der Waals surface area contributed by atoms with Gasteiger partial charge in [0.2, 0.25) is 0 Å². The molecule has 26 heavy (non-hydrogen) atoms. The highest BCUT2D eigenvalue weighted by Crippen LogP contribution is 2.16. The SMILES string of the molecule is C[C@H](Oc1ccc(/C=C(\C#N)C(=O)NCc2ccccc2)cc1)C(=O)[O-]. The lowest BCUT2D eigenvalue weighted by Crippen LogP contribution is -2.37. The third kappa shape index (κ3) is 5.49. The largest absolute Gasteiger partial charge is 0.546 e. The van der Waals surface area contributed by atoms with Gasteiger partial charge in [0.25, 0.3) is 5.91 Å². The zero-order chi connectivity index (χ0) is 18.9. The topological polar surface area (TPSA) is 102 Å². The molecule has 2 aromatic carbocycles. The summed E-state index contributed by atoms with van der Waals surface area (Å²) in [5.41, 5.74) is 1.52. The van der Waals surface area contributed by atoms with Crippen molar-refractivity contribution >= 4 is 18.0 Å². The first kappa shape index (κ1) is 18.7. The molecular formula is C20H17N2O4-. The highest BCUT2D eigenvalue weighted by molar-refractivity contribution is 6.01. The lowest BCUT2D eigenvalue weighted by atomic mass is 10.1. The van der Waals surface area contributed by atoms with Crippen LogP contribution in [0.15, 0.2) is 60.2 Å². The zero-order valence-electron chi connectivity index (χ0n) is 14.1. The van der Waals surface area contributed by atoms with E-state index in [0.717, 1.165) is 5.56 Å². The number of hydrogen-bond acceptors (Lipinski definition) is 5. The van der Waals surface area contributed by atoms with E-state index in [2.05, 4.69) is 5.32 Å². The number of carbonyl (C=O) groups excluding carboxylic acids is 2. The van der Waals surface area contributed by atoms with Crippen LogP contribution in [0.5, 0.6) is 5.75 Å². The number of carboxylic acid groups (broad SMARTS) is 1. The van der Waals surface area contributed by atoms with Crippen molar-refractivity contribution in [2.24, 2.45) is 0 Å². The van der Waals surface area contributed by atoms with Gasteiger partial charge in [-0.3, -0.25) is 4.79 Å². The minimum absolute atomic E-state index is 0.0299. The van der Waals surface area contributed by atoms with E-state index < -0.39 is 18.0 Å². The average Bonchev–Trinajstić information content (AvgIpc) is 2.66. The Labute approximate surface area is 151 Å². The third-order valence-corrected chi connectivity index (χ3v) is 3.50. The zero-order valence-corrected chi connectivity index (χ0v) is 14.1. The fraction of sp³-hybridized carbons (Fsp3) is 0.150. The second kappa shape index (κ2) is 9.04. The van der Waals surface area contributed by atoms with Crippen molar-refractivity contribution in [3.8, 4) is 11.8 Å². The van der Waals surface area contributed by atoms with E-state index in [0.29, 0.717) is 17.9 Å². The number of ether oxygens (including phenoxy) is 1. The van der Waals surface area contributed by atoms with Crippen LogP contribution in [0, 0.1) is 11.3 Å². The Morgan fingerprint density at radius 1 is 1.19 bits per heavy atom. The first-order chi connectivity index (χ1) is 12.5. The molecule has 0 fully saturated rings. The summed E-state index contributed by atoms with van der Waals surface area (Å²) in [6.45, 7) is 1.70. The molecule has 0 spiro atoms. The van der Waals surface area contributed by atoms with Crippen LogP contribution < -0.4 is 15.2 Å². The average molecular weight is 349 g/mol. The summed E-state index contributed by atoms with van der Waals surface area (Å²) in [6.07, 6.45) is 0.376. The number of nitrogens with zero attached hydrogens (tertiary/aromatic N) is 1. The Hall–Kier alpha value is -3.59. The van der Waals surface area contributed by atoms with Gasteiger partial charge in [0, 0.05) is 6.54 Å².